The molecule has 34 heavy (non-hydrogen) atoms. The predicted molar refractivity (Wildman–Crippen MR) is 116 cm³/mol. The minimum Gasteiger partial charge on any atom is -0.506 e. The Bertz CT molecular complexity index is 1350. The molecule has 0 aliphatic carbocycles. The Morgan fingerprint density at radius 2 is 1.97 bits per heavy atom. The molecule has 0 spiro atoms. The molecular weight excluding hydrogens is 475 g/mol. The van der Waals surface area contributed by atoms with Crippen LogP contribution < -0.4 is 25.1 Å². The van der Waals surface area contributed by atoms with Gasteiger partial charge in [-0.15, -0.1) is 0 Å². The van der Waals surface area contributed by atoms with E-state index in [2.05, 4.69) is 16.1 Å². The number of urea groups is 1. The van der Waals surface area contributed by atoms with Gasteiger partial charge in [0.25, 0.3) is 5.91 Å². The maximum absolute atomic E-state index is 15.1. The summed E-state index contributed by atoms with van der Waals surface area (Å²) in [6.07, 6.45) is 0.257. The van der Waals surface area contributed by atoms with Crippen molar-refractivity contribution in [1.82, 2.24) is 20.4 Å². The second kappa shape index (κ2) is 8.33. The number of carbonyl (C=O) groups is 4. The van der Waals surface area contributed by atoms with E-state index in [-0.39, 0.29) is 23.6 Å². The van der Waals surface area contributed by atoms with Gasteiger partial charge < -0.3 is 10.4 Å². The van der Waals surface area contributed by atoms with Crippen LogP contribution in [0.3, 0.4) is 0 Å². The molecule has 180 valence electrons. The second-order valence-corrected chi connectivity index (χ2v) is 9.25. The molecule has 0 radical (unpaired) electrons. The molecule has 1 unspecified atom stereocenters. The van der Waals surface area contributed by atoms with Crippen LogP contribution in [0, 0.1) is 5.82 Å². The number of anilines is 2. The Labute approximate surface area is 192 Å². The number of hydrogen-bond acceptors (Lipinski definition) is 8. The number of phenolic OH excluding ortho intramolecular Hbond substituents is 1. The first-order valence-electron chi connectivity index (χ1n) is 9.89. The summed E-state index contributed by atoms with van der Waals surface area (Å²) in [4.78, 5) is 46.9. The van der Waals surface area contributed by atoms with Crippen molar-refractivity contribution in [3.05, 3.63) is 30.1 Å². The average molecular weight is 494 g/mol. The topological polar surface area (TPSA) is 177 Å². The summed E-state index contributed by atoms with van der Waals surface area (Å²) in [5.41, 5.74) is 2.38. The van der Waals surface area contributed by atoms with Crippen LogP contribution in [0.5, 0.6) is 5.75 Å². The van der Waals surface area contributed by atoms with Gasteiger partial charge in [-0.25, -0.2) is 23.2 Å². The Morgan fingerprint density at radius 1 is 1.24 bits per heavy atom. The highest BCUT2D eigenvalue weighted by atomic mass is 32.2. The van der Waals surface area contributed by atoms with Crippen molar-refractivity contribution in [2.75, 3.05) is 23.3 Å². The zero-order valence-corrected chi connectivity index (χ0v) is 18.4. The third-order valence-electron chi connectivity index (χ3n) is 5.24. The first kappa shape index (κ1) is 23.0. The third kappa shape index (κ3) is 4.24. The lowest BCUT2D eigenvalue weighted by atomic mass is 10.1. The molecule has 4 rings (SSSR count). The fourth-order valence-corrected chi connectivity index (χ4v) is 4.78. The van der Waals surface area contributed by atoms with E-state index >= 15 is 4.39 Å². The molecule has 5 amide bonds. The molecule has 2 fully saturated rings. The lowest BCUT2D eigenvalue weighted by Crippen LogP contribution is -2.55. The number of amides is 5. The fourth-order valence-electron chi connectivity index (χ4n) is 3.61. The SMILES string of the molecule is CN(Nc1ccc2c(F)c(N3CC(=O)NS3(=O)=O)c(O)cc2c1)C(=O)NC1CCC(=O)NC1=O. The summed E-state index contributed by atoms with van der Waals surface area (Å²) in [6, 6.07) is 3.69. The summed E-state index contributed by atoms with van der Waals surface area (Å²) >= 11 is 0. The van der Waals surface area contributed by atoms with Crippen LogP contribution in [0.2, 0.25) is 0 Å². The van der Waals surface area contributed by atoms with Crippen molar-refractivity contribution in [1.29, 1.82) is 0 Å². The van der Waals surface area contributed by atoms with E-state index in [1.54, 1.807) is 4.72 Å². The maximum Gasteiger partial charge on any atom is 0.336 e. The highest BCUT2D eigenvalue weighted by Crippen LogP contribution is 2.39. The number of nitrogens with zero attached hydrogens (tertiary/aromatic N) is 2. The van der Waals surface area contributed by atoms with Crippen molar-refractivity contribution in [2.45, 2.75) is 18.9 Å². The van der Waals surface area contributed by atoms with Crippen LogP contribution in [-0.2, 0) is 24.6 Å². The number of hydrogen-bond donors (Lipinski definition) is 5. The molecule has 0 saturated carbocycles. The van der Waals surface area contributed by atoms with Gasteiger partial charge in [-0.1, -0.05) is 0 Å². The summed E-state index contributed by atoms with van der Waals surface area (Å²) in [5, 5.41) is 16.1. The number of fused-ring (bicyclic) bond motifs is 1. The Morgan fingerprint density at radius 3 is 2.62 bits per heavy atom. The highest BCUT2D eigenvalue weighted by molar-refractivity contribution is 7.92. The standard InChI is InChI=1S/C19H19FN6O7S/c1-25(19(31)21-12-4-5-14(28)22-18(12)30)23-10-2-3-11-9(6-10)7-13(27)17(16(11)20)26-8-15(29)24-34(26,32)33/h2-3,6-7,12,23,27H,4-5,8H2,1H3,(H,21,31)(H,24,29)(H,22,28,30). The van der Waals surface area contributed by atoms with Crippen molar-refractivity contribution >= 4 is 56.1 Å². The van der Waals surface area contributed by atoms with E-state index in [0.29, 0.717) is 9.99 Å². The number of benzene rings is 2. The molecule has 2 aromatic rings. The molecule has 1 atom stereocenters. The predicted octanol–water partition coefficient (Wildman–Crippen LogP) is -0.361. The second-order valence-electron chi connectivity index (χ2n) is 7.66. The number of imide groups is 1. The van der Waals surface area contributed by atoms with Gasteiger partial charge in [-0.2, -0.15) is 8.42 Å². The minimum atomic E-state index is -4.33. The van der Waals surface area contributed by atoms with Crippen molar-refractivity contribution in [3.8, 4) is 5.75 Å². The maximum atomic E-state index is 15.1. The van der Waals surface area contributed by atoms with Crippen LogP contribution in [0.25, 0.3) is 10.8 Å². The zero-order valence-electron chi connectivity index (χ0n) is 17.6. The summed E-state index contributed by atoms with van der Waals surface area (Å²) in [7, 11) is -2.96. The summed E-state index contributed by atoms with van der Waals surface area (Å²) < 4.78 is 41.4. The largest absolute Gasteiger partial charge is 0.506 e. The lowest BCUT2D eigenvalue weighted by molar-refractivity contribution is -0.134. The minimum absolute atomic E-state index is 0.0384. The third-order valence-corrected chi connectivity index (χ3v) is 6.62. The van der Waals surface area contributed by atoms with Gasteiger partial charge in [0, 0.05) is 18.9 Å². The van der Waals surface area contributed by atoms with Gasteiger partial charge in [-0.3, -0.25) is 25.1 Å². The Balaban J connectivity index is 1.54. The summed E-state index contributed by atoms with van der Waals surface area (Å²) in [6.45, 7) is -0.676. The Kier molecular flexibility index (Phi) is 5.64. The molecule has 2 saturated heterocycles. The number of carbonyl (C=O) groups excluding carboxylic acids is 4. The number of aromatic hydroxyl groups is 1. The van der Waals surface area contributed by atoms with Crippen LogP contribution in [0.1, 0.15) is 12.8 Å². The van der Waals surface area contributed by atoms with Crippen LogP contribution >= 0.6 is 0 Å². The molecule has 2 aromatic carbocycles. The first-order valence-corrected chi connectivity index (χ1v) is 11.3. The van der Waals surface area contributed by atoms with Gasteiger partial charge >= 0.3 is 16.2 Å². The molecular formula is C19H19FN6O7S. The molecule has 0 bridgehead atoms. The van der Waals surface area contributed by atoms with Gasteiger partial charge in [0.2, 0.25) is 11.8 Å². The molecule has 2 aliphatic rings. The quantitative estimate of drug-likeness (QED) is 0.283. The van der Waals surface area contributed by atoms with E-state index in [4.69, 9.17) is 0 Å². The van der Waals surface area contributed by atoms with Crippen molar-refractivity contribution in [3.63, 3.8) is 0 Å². The lowest BCUT2D eigenvalue weighted by Gasteiger charge is -2.26. The number of nitrogens with one attached hydrogen (secondary N) is 4. The highest BCUT2D eigenvalue weighted by Gasteiger charge is 2.38. The molecule has 0 aromatic heterocycles. The number of hydrazine groups is 1. The van der Waals surface area contributed by atoms with Crippen LogP contribution in [-0.4, -0.2) is 61.9 Å². The summed E-state index contributed by atoms with van der Waals surface area (Å²) in [5.74, 6) is -3.64. The van der Waals surface area contributed by atoms with E-state index < -0.39 is 63.8 Å². The number of halogens is 1. The van der Waals surface area contributed by atoms with Crippen LogP contribution in [0.15, 0.2) is 24.3 Å². The van der Waals surface area contributed by atoms with Crippen LogP contribution in [0.4, 0.5) is 20.6 Å². The zero-order chi connectivity index (χ0) is 24.8. The number of piperidine rings is 1. The number of phenols is 1. The molecule has 2 heterocycles. The normalized spacial score (nSPS) is 19.5. The van der Waals surface area contributed by atoms with E-state index in [1.165, 1.54) is 25.2 Å². The van der Waals surface area contributed by atoms with Gasteiger partial charge in [-0.05, 0) is 36.1 Å². The number of rotatable bonds is 4. The molecule has 13 nitrogen and oxygen atoms in total. The van der Waals surface area contributed by atoms with E-state index in [9.17, 15) is 32.7 Å². The van der Waals surface area contributed by atoms with Gasteiger partial charge in [0.15, 0.2) is 5.82 Å². The molecule has 15 heteroatoms. The van der Waals surface area contributed by atoms with Gasteiger partial charge in [0.1, 0.15) is 24.0 Å². The van der Waals surface area contributed by atoms with E-state index in [0.717, 1.165) is 11.1 Å². The van der Waals surface area contributed by atoms with E-state index in [1.807, 2.05) is 0 Å². The van der Waals surface area contributed by atoms with Crippen molar-refractivity contribution in [2.24, 2.45) is 0 Å². The average Bonchev–Trinajstić information content (AvgIpc) is 3.01. The van der Waals surface area contributed by atoms with Crippen molar-refractivity contribution < 1.29 is 37.1 Å². The molecule has 5 N–H and O–H groups in total. The molecule has 2 aliphatic heterocycles. The smallest absolute Gasteiger partial charge is 0.336 e. The monoisotopic (exact) mass is 494 g/mol. The van der Waals surface area contributed by atoms with Gasteiger partial charge in [0.05, 0.1) is 5.69 Å². The Hall–Kier alpha value is -4.14. The fraction of sp³-hybridized carbons (Fsp3) is 0.263. The first-order chi connectivity index (χ1) is 16.0.